The van der Waals surface area contributed by atoms with Crippen LogP contribution in [0, 0.1) is 10.1 Å². The molecule has 0 aliphatic carbocycles. The van der Waals surface area contributed by atoms with Crippen LogP contribution in [-0.2, 0) is 16.8 Å². The lowest BCUT2D eigenvalue weighted by atomic mass is 10.1. The van der Waals surface area contributed by atoms with Crippen molar-refractivity contribution in [3.63, 3.8) is 0 Å². The molecule has 0 spiro atoms. The maximum atomic E-state index is 10.3. The fraction of sp³-hybridized carbons (Fsp3) is 0.250. The topological polar surface area (TPSA) is 107 Å². The molecule has 0 heterocycles. The number of hydrogen-bond acceptors (Lipinski definition) is 5. The van der Waals surface area contributed by atoms with Gasteiger partial charge in [-0.25, -0.2) is 0 Å². The van der Waals surface area contributed by atoms with Crippen molar-refractivity contribution in [2.45, 2.75) is 6.42 Å². The highest BCUT2D eigenvalue weighted by Gasteiger charge is 2.06. The van der Waals surface area contributed by atoms with Crippen LogP contribution in [0.25, 0.3) is 0 Å². The third kappa shape index (κ3) is 4.71. The van der Waals surface area contributed by atoms with Crippen molar-refractivity contribution >= 4 is 10.4 Å². The highest BCUT2D eigenvalue weighted by atomic mass is 32.3. The maximum absolute atomic E-state index is 10.3. The van der Waals surface area contributed by atoms with Gasteiger partial charge in [0.05, 0.1) is 0 Å². The van der Waals surface area contributed by atoms with Gasteiger partial charge in [0, 0.05) is 11.3 Å². The Labute approximate surface area is 91.8 Å². The maximum Gasteiger partial charge on any atom is 0.446 e. The Morgan fingerprint density at radius 2 is 1.88 bits per heavy atom. The van der Waals surface area contributed by atoms with E-state index in [1.54, 1.807) is 0 Å². The van der Waals surface area contributed by atoms with Crippen LogP contribution in [0.4, 0.5) is 0 Å². The first-order valence-corrected chi connectivity index (χ1v) is 5.61. The Balaban J connectivity index is 2.64. The number of rotatable bonds is 5. The molecule has 1 rings (SSSR count). The van der Waals surface area contributed by atoms with Gasteiger partial charge in [-0.1, -0.05) is 12.1 Å². The monoisotopic (exact) mass is 247 g/mol. The van der Waals surface area contributed by atoms with Crippen molar-refractivity contribution < 1.29 is 22.1 Å². The highest BCUT2D eigenvalue weighted by molar-refractivity contribution is 7.81. The zero-order valence-corrected chi connectivity index (χ0v) is 8.88. The molecule has 0 saturated carbocycles. The van der Waals surface area contributed by atoms with Gasteiger partial charge in [-0.3, -0.25) is 14.7 Å². The van der Waals surface area contributed by atoms with E-state index in [0.717, 1.165) is 0 Å². The van der Waals surface area contributed by atoms with Crippen molar-refractivity contribution in [3.05, 3.63) is 39.9 Å². The molecule has 0 unspecified atom stereocenters. The summed E-state index contributed by atoms with van der Waals surface area (Å²) in [5.41, 5.74) is 0.680. The SMILES string of the molecule is O=[N+]([O-])CCc1ccc(OS(=O)(=O)O)cc1. The summed E-state index contributed by atoms with van der Waals surface area (Å²) in [5, 5.41) is 10.1. The van der Waals surface area contributed by atoms with Gasteiger partial charge in [0.2, 0.25) is 6.54 Å². The highest BCUT2D eigenvalue weighted by Crippen LogP contribution is 2.14. The molecule has 16 heavy (non-hydrogen) atoms. The molecule has 0 aromatic heterocycles. The first kappa shape index (κ1) is 12.4. The molecule has 88 valence electrons. The minimum atomic E-state index is -4.52. The second kappa shape index (κ2) is 4.90. The van der Waals surface area contributed by atoms with Crippen molar-refractivity contribution in [3.8, 4) is 5.75 Å². The van der Waals surface area contributed by atoms with Gasteiger partial charge < -0.3 is 4.18 Å². The number of nitro groups is 1. The minimum Gasteiger partial charge on any atom is -0.362 e. The molecule has 0 atom stereocenters. The van der Waals surface area contributed by atoms with E-state index in [0.29, 0.717) is 5.56 Å². The molecular weight excluding hydrogens is 238 g/mol. The van der Waals surface area contributed by atoms with Crippen molar-refractivity contribution in [2.24, 2.45) is 0 Å². The lowest BCUT2D eigenvalue weighted by molar-refractivity contribution is -0.479. The Kier molecular flexibility index (Phi) is 3.80. The molecule has 0 saturated heterocycles. The molecule has 1 aromatic rings. The van der Waals surface area contributed by atoms with Crippen LogP contribution in [0.1, 0.15) is 5.56 Å². The van der Waals surface area contributed by atoms with Crippen LogP contribution in [-0.4, -0.2) is 24.4 Å². The van der Waals surface area contributed by atoms with Gasteiger partial charge in [-0.15, -0.1) is 0 Å². The van der Waals surface area contributed by atoms with E-state index in [-0.39, 0.29) is 18.7 Å². The van der Waals surface area contributed by atoms with Gasteiger partial charge in [-0.05, 0) is 17.7 Å². The summed E-state index contributed by atoms with van der Waals surface area (Å²) in [4.78, 5) is 9.65. The van der Waals surface area contributed by atoms with E-state index in [9.17, 15) is 18.5 Å². The fourth-order valence-corrected chi connectivity index (χ4v) is 1.41. The van der Waals surface area contributed by atoms with E-state index in [2.05, 4.69) is 4.18 Å². The Morgan fingerprint density at radius 1 is 1.31 bits per heavy atom. The van der Waals surface area contributed by atoms with E-state index in [1.165, 1.54) is 24.3 Å². The fourth-order valence-electron chi connectivity index (χ4n) is 1.05. The quantitative estimate of drug-likeness (QED) is 0.466. The summed E-state index contributed by atoms with van der Waals surface area (Å²) >= 11 is 0. The van der Waals surface area contributed by atoms with Crippen LogP contribution in [0.15, 0.2) is 24.3 Å². The summed E-state index contributed by atoms with van der Waals surface area (Å²) < 4.78 is 33.2. The van der Waals surface area contributed by atoms with Crippen LogP contribution in [0.3, 0.4) is 0 Å². The molecule has 7 nitrogen and oxygen atoms in total. The summed E-state index contributed by atoms with van der Waals surface area (Å²) in [6, 6.07) is 5.60. The van der Waals surface area contributed by atoms with Crippen molar-refractivity contribution in [1.82, 2.24) is 0 Å². The van der Waals surface area contributed by atoms with Crippen molar-refractivity contribution in [2.75, 3.05) is 6.54 Å². The molecule has 1 aromatic carbocycles. The summed E-state index contributed by atoms with van der Waals surface area (Å²) in [6.07, 6.45) is 0.249. The molecule has 0 fully saturated rings. The third-order valence-corrected chi connectivity index (χ3v) is 2.11. The van der Waals surface area contributed by atoms with Crippen molar-refractivity contribution in [1.29, 1.82) is 0 Å². The lowest BCUT2D eigenvalue weighted by Gasteiger charge is -2.02. The first-order chi connectivity index (χ1) is 7.37. The molecule has 0 radical (unpaired) electrons. The molecule has 0 aliphatic rings. The average molecular weight is 247 g/mol. The van der Waals surface area contributed by atoms with Gasteiger partial charge in [-0.2, -0.15) is 8.42 Å². The molecule has 0 aliphatic heterocycles. The third-order valence-electron chi connectivity index (χ3n) is 1.71. The Morgan fingerprint density at radius 3 is 2.31 bits per heavy atom. The predicted octanol–water partition coefficient (Wildman–Crippen LogP) is 0.687. The van der Waals surface area contributed by atoms with Crippen LogP contribution in [0.2, 0.25) is 0 Å². The van der Waals surface area contributed by atoms with E-state index in [1.807, 2.05) is 0 Å². The normalized spacial score (nSPS) is 11.1. The van der Waals surface area contributed by atoms with Crippen LogP contribution < -0.4 is 4.18 Å². The zero-order valence-electron chi connectivity index (χ0n) is 8.07. The Hall–Kier alpha value is -1.67. The Bertz CT molecular complexity index is 466. The minimum absolute atomic E-state index is 0.0487. The number of benzene rings is 1. The number of hydrogen-bond donors (Lipinski definition) is 1. The molecule has 0 bridgehead atoms. The first-order valence-electron chi connectivity index (χ1n) is 4.24. The molecule has 8 heteroatoms. The predicted molar refractivity (Wildman–Crippen MR) is 54.2 cm³/mol. The van der Waals surface area contributed by atoms with E-state index < -0.39 is 15.3 Å². The number of nitrogens with zero attached hydrogens (tertiary/aromatic N) is 1. The van der Waals surface area contributed by atoms with Crippen LogP contribution in [0.5, 0.6) is 5.75 Å². The van der Waals surface area contributed by atoms with Gasteiger partial charge >= 0.3 is 10.4 Å². The largest absolute Gasteiger partial charge is 0.446 e. The second-order valence-corrected chi connectivity index (χ2v) is 3.98. The molecule has 1 N–H and O–H groups in total. The second-order valence-electron chi connectivity index (χ2n) is 2.96. The van der Waals surface area contributed by atoms with E-state index in [4.69, 9.17) is 4.55 Å². The molecule has 0 amide bonds. The smallest absolute Gasteiger partial charge is 0.362 e. The summed E-state index contributed by atoms with van der Waals surface area (Å²) in [7, 11) is -4.52. The standard InChI is InChI=1S/C8H9NO6S/c10-9(11)6-5-7-1-3-8(4-2-7)15-16(12,13)14/h1-4H,5-6H2,(H,12,13,14). The van der Waals surface area contributed by atoms with E-state index >= 15 is 0 Å². The molecular formula is C8H9NO6S. The lowest BCUT2D eigenvalue weighted by Crippen LogP contribution is -2.07. The zero-order chi connectivity index (χ0) is 12.2. The van der Waals surface area contributed by atoms with Crippen LogP contribution >= 0.6 is 0 Å². The summed E-state index contributed by atoms with van der Waals surface area (Å²) in [5.74, 6) is -0.0487. The van der Waals surface area contributed by atoms with Gasteiger partial charge in [0.25, 0.3) is 0 Å². The summed E-state index contributed by atoms with van der Waals surface area (Å²) in [6.45, 7) is -0.196. The van der Waals surface area contributed by atoms with Gasteiger partial charge in [0.1, 0.15) is 5.75 Å². The average Bonchev–Trinajstić information content (AvgIpc) is 2.14. The van der Waals surface area contributed by atoms with Gasteiger partial charge in [0.15, 0.2) is 0 Å².